The molecule has 1 aliphatic heterocycles. The number of likely N-dealkylation sites (N-methyl/N-ethyl adjacent to an activating group) is 1. The van der Waals surface area contributed by atoms with E-state index < -0.39 is 14.1 Å². The van der Waals surface area contributed by atoms with Gasteiger partial charge in [-0.25, -0.2) is 4.39 Å². The molecular formula is C28H31FN2O2Si. The van der Waals surface area contributed by atoms with E-state index in [2.05, 4.69) is 74.3 Å². The second kappa shape index (κ2) is 9.64. The minimum atomic E-state index is -2.59. The quantitative estimate of drug-likeness (QED) is 0.372. The number of hydrogen-bond acceptors (Lipinski definition) is 3. The van der Waals surface area contributed by atoms with E-state index in [1.807, 2.05) is 12.1 Å². The van der Waals surface area contributed by atoms with Crippen molar-refractivity contribution in [2.75, 3.05) is 25.1 Å². The summed E-state index contributed by atoms with van der Waals surface area (Å²) in [5.74, 6) is -0.679. The van der Waals surface area contributed by atoms with E-state index in [1.54, 1.807) is 19.2 Å². The highest BCUT2D eigenvalue weighted by Crippen LogP contribution is 2.37. The molecule has 0 unspecified atom stereocenters. The summed E-state index contributed by atoms with van der Waals surface area (Å²) in [4.78, 5) is 18.5. The van der Waals surface area contributed by atoms with Gasteiger partial charge >= 0.3 is 0 Å². The zero-order valence-electron chi connectivity index (χ0n) is 20.2. The van der Waals surface area contributed by atoms with Gasteiger partial charge in [0, 0.05) is 25.8 Å². The third-order valence-corrected chi connectivity index (χ3v) is 11.4. The van der Waals surface area contributed by atoms with E-state index in [-0.39, 0.29) is 10.9 Å². The van der Waals surface area contributed by atoms with Gasteiger partial charge in [0.05, 0.1) is 5.69 Å². The van der Waals surface area contributed by atoms with Crippen LogP contribution in [-0.2, 0) is 9.22 Å². The molecule has 0 N–H and O–H groups in total. The number of anilines is 1. The van der Waals surface area contributed by atoms with Crippen LogP contribution in [-0.4, -0.2) is 40.1 Å². The molecule has 3 aromatic carbocycles. The molecule has 1 amide bonds. The molecule has 0 aliphatic carbocycles. The number of hydrogen-bond donors (Lipinski definition) is 0. The Morgan fingerprint density at radius 2 is 1.50 bits per heavy atom. The third kappa shape index (κ3) is 4.24. The molecule has 0 spiro atoms. The van der Waals surface area contributed by atoms with Gasteiger partial charge in [-0.05, 0) is 27.9 Å². The van der Waals surface area contributed by atoms with Crippen LogP contribution in [0.5, 0.6) is 0 Å². The normalized spacial score (nSPS) is 15.1. The number of halogens is 1. The summed E-state index contributed by atoms with van der Waals surface area (Å²) >= 11 is 0. The molecule has 1 heterocycles. The number of para-hydroxylation sites is 1. The maximum absolute atomic E-state index is 14.2. The van der Waals surface area contributed by atoms with Crippen LogP contribution in [0.1, 0.15) is 32.8 Å². The van der Waals surface area contributed by atoms with Crippen molar-refractivity contribution in [3.8, 4) is 0 Å². The molecule has 0 radical (unpaired) electrons. The molecule has 0 atom stereocenters. The topological polar surface area (TPSA) is 41.9 Å². The highest BCUT2D eigenvalue weighted by atomic mass is 28.4. The molecule has 0 saturated carbocycles. The van der Waals surface area contributed by atoms with Crippen molar-refractivity contribution in [3.63, 3.8) is 0 Å². The second-order valence-corrected chi connectivity index (χ2v) is 13.9. The van der Waals surface area contributed by atoms with E-state index in [9.17, 15) is 9.18 Å². The van der Waals surface area contributed by atoms with Gasteiger partial charge in [-0.15, -0.1) is 0 Å². The Kier molecular flexibility index (Phi) is 6.82. The molecule has 176 valence electrons. The number of fused-ring (bicyclic) bond motifs is 1. The fourth-order valence-corrected chi connectivity index (χ4v) is 9.42. The summed E-state index contributed by atoms with van der Waals surface area (Å²) in [6.45, 7) is 7.70. The summed E-state index contributed by atoms with van der Waals surface area (Å²) in [5.41, 5.74) is 1.18. The predicted molar refractivity (Wildman–Crippen MR) is 139 cm³/mol. The first kappa shape index (κ1) is 24.0. The molecule has 0 saturated heterocycles. The van der Waals surface area contributed by atoms with E-state index in [0.29, 0.717) is 36.5 Å². The number of benzene rings is 3. The van der Waals surface area contributed by atoms with Gasteiger partial charge in [0.1, 0.15) is 11.5 Å². The van der Waals surface area contributed by atoms with Crippen molar-refractivity contribution in [1.82, 2.24) is 0 Å². The summed E-state index contributed by atoms with van der Waals surface area (Å²) < 4.78 is 21.1. The third-order valence-electron chi connectivity index (χ3n) is 6.39. The Balaban J connectivity index is 1.56. The van der Waals surface area contributed by atoms with Gasteiger partial charge in [-0.1, -0.05) is 93.6 Å². The van der Waals surface area contributed by atoms with Crippen LogP contribution in [0.15, 0.2) is 83.9 Å². The predicted octanol–water partition coefficient (Wildman–Crippen LogP) is 4.56. The fourth-order valence-electron chi connectivity index (χ4n) is 4.82. The molecule has 1 aliphatic rings. The van der Waals surface area contributed by atoms with Crippen LogP contribution in [0.3, 0.4) is 0 Å². The van der Waals surface area contributed by atoms with Gasteiger partial charge in [-0.2, -0.15) is 0 Å². The minimum Gasteiger partial charge on any atom is -0.407 e. The van der Waals surface area contributed by atoms with Crippen molar-refractivity contribution in [2.45, 2.75) is 32.2 Å². The lowest BCUT2D eigenvalue weighted by molar-refractivity contribution is -0.112. The van der Waals surface area contributed by atoms with Crippen molar-refractivity contribution in [3.05, 3.63) is 90.2 Å². The van der Waals surface area contributed by atoms with Crippen LogP contribution in [0.25, 0.3) is 0 Å². The maximum atomic E-state index is 14.2. The Morgan fingerprint density at radius 1 is 0.912 bits per heavy atom. The zero-order valence-corrected chi connectivity index (χ0v) is 21.2. The molecule has 0 fully saturated rings. The SMILES string of the molecule is CN1C(=O)C(=NCCCO[Si](c2ccccc2)(c2ccccc2)C(C)(C)C)c2cccc(F)c21. The number of amides is 1. The van der Waals surface area contributed by atoms with Gasteiger partial charge < -0.3 is 9.33 Å². The number of rotatable bonds is 7. The molecular weight excluding hydrogens is 443 g/mol. The van der Waals surface area contributed by atoms with Crippen molar-refractivity contribution in [2.24, 2.45) is 4.99 Å². The molecule has 0 aromatic heterocycles. The van der Waals surface area contributed by atoms with Gasteiger partial charge in [0.25, 0.3) is 14.2 Å². The van der Waals surface area contributed by atoms with E-state index in [4.69, 9.17) is 4.43 Å². The Hall–Kier alpha value is -3.09. The van der Waals surface area contributed by atoms with Crippen LogP contribution in [0.4, 0.5) is 10.1 Å². The van der Waals surface area contributed by atoms with E-state index in [0.717, 1.165) is 0 Å². The maximum Gasteiger partial charge on any atom is 0.276 e. The van der Waals surface area contributed by atoms with Crippen molar-refractivity contribution in [1.29, 1.82) is 0 Å². The minimum absolute atomic E-state index is 0.0950. The summed E-state index contributed by atoms with van der Waals surface area (Å²) in [6.07, 6.45) is 0.662. The largest absolute Gasteiger partial charge is 0.407 e. The molecule has 4 nitrogen and oxygen atoms in total. The molecule has 0 bridgehead atoms. The average Bonchev–Trinajstić information content (AvgIpc) is 3.07. The first-order chi connectivity index (χ1) is 16.3. The fraction of sp³-hybridized carbons (Fsp3) is 0.286. The smallest absolute Gasteiger partial charge is 0.276 e. The van der Waals surface area contributed by atoms with Crippen LogP contribution < -0.4 is 15.3 Å². The number of carbonyl (C=O) groups is 1. The summed E-state index contributed by atoms with van der Waals surface area (Å²) in [5, 5.41) is 2.37. The molecule has 6 heteroatoms. The van der Waals surface area contributed by atoms with E-state index in [1.165, 1.54) is 21.3 Å². The monoisotopic (exact) mass is 474 g/mol. The number of aliphatic imine (C=N–C) groups is 1. The van der Waals surface area contributed by atoms with Crippen molar-refractivity contribution < 1.29 is 13.6 Å². The van der Waals surface area contributed by atoms with Crippen molar-refractivity contribution >= 4 is 36.0 Å². The van der Waals surface area contributed by atoms with E-state index >= 15 is 0 Å². The summed E-state index contributed by atoms with van der Waals surface area (Å²) in [7, 11) is -1.01. The average molecular weight is 475 g/mol. The second-order valence-electron chi connectivity index (χ2n) is 9.60. The van der Waals surface area contributed by atoms with Gasteiger partial charge in [-0.3, -0.25) is 9.79 Å². The molecule has 3 aromatic rings. The molecule has 34 heavy (non-hydrogen) atoms. The standard InChI is InChI=1S/C28H31FN2O2Si/c1-28(2,3)34(21-13-7-5-8-14-21,22-15-9-6-10-16-22)33-20-12-19-30-25-23-17-11-18-24(29)26(23)31(4)27(25)32/h5-11,13-18H,12,19-20H2,1-4H3. The molecule has 4 rings (SSSR count). The van der Waals surface area contributed by atoms with Crippen LogP contribution >= 0.6 is 0 Å². The Labute approximate surface area is 202 Å². The lowest BCUT2D eigenvalue weighted by Crippen LogP contribution is -2.66. The highest BCUT2D eigenvalue weighted by molar-refractivity contribution is 6.99. The summed E-state index contributed by atoms with van der Waals surface area (Å²) in [6, 6.07) is 25.7. The number of nitrogens with zero attached hydrogens (tertiary/aromatic N) is 2. The van der Waals surface area contributed by atoms with Gasteiger partial charge in [0.15, 0.2) is 0 Å². The highest BCUT2D eigenvalue weighted by Gasteiger charge is 2.49. The Morgan fingerprint density at radius 3 is 2.06 bits per heavy atom. The zero-order chi connectivity index (χ0) is 24.3. The first-order valence-electron chi connectivity index (χ1n) is 11.6. The lowest BCUT2D eigenvalue weighted by Gasteiger charge is -2.43. The lowest BCUT2D eigenvalue weighted by atomic mass is 10.1. The van der Waals surface area contributed by atoms with Gasteiger partial charge in [0.2, 0.25) is 0 Å². The van der Waals surface area contributed by atoms with Crippen LogP contribution in [0, 0.1) is 5.82 Å². The van der Waals surface area contributed by atoms with Crippen LogP contribution in [0.2, 0.25) is 5.04 Å². The Bertz CT molecular complexity index is 1150. The first-order valence-corrected chi connectivity index (χ1v) is 13.5. The number of carbonyl (C=O) groups excluding carboxylic acids is 1.